The zero-order valence-corrected chi connectivity index (χ0v) is 9.14. The van der Waals surface area contributed by atoms with Crippen molar-refractivity contribution in [2.45, 2.75) is 24.0 Å². The Hall–Kier alpha value is -0.910. The van der Waals surface area contributed by atoms with E-state index >= 15 is 0 Å². The number of thioether (sulfide) groups is 1. The molecule has 1 unspecified atom stereocenters. The fourth-order valence-corrected chi connectivity index (χ4v) is 2.79. The van der Waals surface area contributed by atoms with Crippen LogP contribution in [0, 0.1) is 5.92 Å². The number of hydrogen-bond donors (Lipinski definition) is 3. The maximum atomic E-state index is 11.3. The number of carbonyl (C=O) groups is 2. The van der Waals surface area contributed by atoms with Crippen LogP contribution in [0.2, 0.25) is 0 Å². The lowest BCUT2D eigenvalue weighted by Gasteiger charge is -2.18. The lowest BCUT2D eigenvalue weighted by Crippen LogP contribution is -2.45. The molecule has 0 aliphatic carbocycles. The van der Waals surface area contributed by atoms with E-state index in [9.17, 15) is 9.59 Å². The first kappa shape index (κ1) is 11.2. The van der Waals surface area contributed by atoms with Gasteiger partial charge in [-0.15, -0.1) is 11.8 Å². The molecule has 3 N–H and O–H groups in total. The van der Waals surface area contributed by atoms with Crippen molar-refractivity contribution in [2.24, 2.45) is 5.92 Å². The quantitative estimate of drug-likeness (QED) is 0.602. The average Bonchev–Trinajstić information content (AvgIpc) is 2.78. The molecule has 0 aromatic carbocycles. The van der Waals surface area contributed by atoms with Crippen LogP contribution in [0.25, 0.3) is 0 Å². The molecule has 1 aliphatic rings. The van der Waals surface area contributed by atoms with Gasteiger partial charge in [-0.2, -0.15) is 0 Å². The van der Waals surface area contributed by atoms with Gasteiger partial charge >= 0.3 is 6.09 Å². The maximum absolute atomic E-state index is 11.3. The highest BCUT2D eigenvalue weighted by Gasteiger charge is 2.62. The molecule has 1 fully saturated rings. The molecule has 0 aromatic rings. The van der Waals surface area contributed by atoms with Gasteiger partial charge in [0, 0.05) is 7.05 Å². The van der Waals surface area contributed by atoms with Crippen molar-refractivity contribution < 1.29 is 14.7 Å². The predicted molar refractivity (Wildman–Crippen MR) is 54.2 cm³/mol. The van der Waals surface area contributed by atoms with Gasteiger partial charge in [0.1, 0.15) is 10.1 Å². The van der Waals surface area contributed by atoms with Gasteiger partial charge in [0.2, 0.25) is 5.91 Å². The van der Waals surface area contributed by atoms with Crippen molar-refractivity contribution in [1.29, 1.82) is 0 Å². The average molecular weight is 218 g/mol. The Morgan fingerprint density at radius 1 is 1.50 bits per heavy atom. The minimum Gasteiger partial charge on any atom is -0.465 e. The van der Waals surface area contributed by atoms with E-state index in [0.29, 0.717) is 0 Å². The van der Waals surface area contributed by atoms with Crippen LogP contribution in [0.4, 0.5) is 4.79 Å². The zero-order valence-electron chi connectivity index (χ0n) is 8.33. The number of carbonyl (C=O) groups excluding carboxylic acids is 1. The summed E-state index contributed by atoms with van der Waals surface area (Å²) in [4.78, 5) is 21.2. The number of rotatable bonds is 3. The van der Waals surface area contributed by atoms with Crippen LogP contribution in [0.1, 0.15) is 13.8 Å². The fraction of sp³-hybridized carbons (Fsp3) is 0.750. The Bertz CT molecular complexity index is 269. The number of hydrogen-bond acceptors (Lipinski definition) is 3. The smallest absolute Gasteiger partial charge is 0.405 e. The molecule has 2 amide bonds. The Morgan fingerprint density at radius 2 is 2.07 bits per heavy atom. The van der Waals surface area contributed by atoms with Gasteiger partial charge in [-0.05, 0) is 5.92 Å². The summed E-state index contributed by atoms with van der Waals surface area (Å²) < 4.78 is 0. The molecule has 2 atom stereocenters. The Balaban J connectivity index is 2.70. The summed E-state index contributed by atoms with van der Waals surface area (Å²) >= 11 is 1.35. The van der Waals surface area contributed by atoms with Gasteiger partial charge < -0.3 is 15.7 Å². The van der Waals surface area contributed by atoms with Gasteiger partial charge in [0.25, 0.3) is 0 Å². The zero-order chi connectivity index (χ0) is 10.9. The first-order valence-corrected chi connectivity index (χ1v) is 5.22. The third-order valence-corrected chi connectivity index (χ3v) is 4.06. The molecule has 14 heavy (non-hydrogen) atoms. The SMILES string of the molecule is CNC(=O)C1S[C@@]1(NC(=O)O)C(C)C. The molecule has 0 bridgehead atoms. The molecular formula is C8H14N2O3S. The van der Waals surface area contributed by atoms with E-state index in [0.717, 1.165) is 0 Å². The van der Waals surface area contributed by atoms with E-state index in [4.69, 9.17) is 5.11 Å². The molecule has 0 aromatic heterocycles. The second-order valence-electron chi connectivity index (χ2n) is 3.49. The van der Waals surface area contributed by atoms with E-state index in [2.05, 4.69) is 10.6 Å². The fourth-order valence-electron chi connectivity index (χ4n) is 1.39. The van der Waals surface area contributed by atoms with Gasteiger partial charge in [0.15, 0.2) is 0 Å². The Morgan fingerprint density at radius 3 is 2.43 bits per heavy atom. The molecule has 1 heterocycles. The van der Waals surface area contributed by atoms with Crippen LogP contribution in [0.5, 0.6) is 0 Å². The van der Waals surface area contributed by atoms with Crippen LogP contribution in [-0.2, 0) is 4.79 Å². The number of nitrogens with one attached hydrogen (secondary N) is 2. The standard InChI is InChI=1S/C8H14N2O3S/c1-4(2)8(10-7(12)13)5(14-8)6(11)9-3/h4-5,10H,1-3H3,(H,9,11)(H,12,13)/t5?,8-/m0/s1. The van der Waals surface area contributed by atoms with Gasteiger partial charge in [-0.1, -0.05) is 13.8 Å². The molecule has 80 valence electrons. The molecule has 1 rings (SSSR count). The lowest BCUT2D eigenvalue weighted by atomic mass is 10.0. The van der Waals surface area contributed by atoms with Crippen molar-refractivity contribution in [3.63, 3.8) is 0 Å². The summed E-state index contributed by atoms with van der Waals surface area (Å²) in [5.41, 5.74) is 0. The van der Waals surface area contributed by atoms with Crippen molar-refractivity contribution in [3.05, 3.63) is 0 Å². The van der Waals surface area contributed by atoms with Crippen LogP contribution in [0.15, 0.2) is 0 Å². The van der Waals surface area contributed by atoms with E-state index in [1.54, 1.807) is 7.05 Å². The lowest BCUT2D eigenvalue weighted by molar-refractivity contribution is -0.120. The van der Waals surface area contributed by atoms with Crippen molar-refractivity contribution in [2.75, 3.05) is 7.05 Å². The van der Waals surface area contributed by atoms with Gasteiger partial charge in [-0.25, -0.2) is 4.79 Å². The first-order valence-electron chi connectivity index (χ1n) is 4.34. The molecule has 1 saturated heterocycles. The molecule has 0 saturated carbocycles. The van der Waals surface area contributed by atoms with Crippen LogP contribution < -0.4 is 10.6 Å². The highest BCUT2D eigenvalue weighted by Crippen LogP contribution is 2.56. The van der Waals surface area contributed by atoms with Gasteiger partial charge in [0.05, 0.1) is 0 Å². The first-order chi connectivity index (χ1) is 6.44. The van der Waals surface area contributed by atoms with Crippen LogP contribution >= 0.6 is 11.8 Å². The van der Waals surface area contributed by atoms with E-state index in [1.807, 2.05) is 13.8 Å². The maximum Gasteiger partial charge on any atom is 0.405 e. The molecule has 0 spiro atoms. The van der Waals surface area contributed by atoms with E-state index < -0.39 is 11.0 Å². The summed E-state index contributed by atoms with van der Waals surface area (Å²) in [5.74, 6) is -0.0386. The molecule has 6 heteroatoms. The molecule has 1 aliphatic heterocycles. The second kappa shape index (κ2) is 3.68. The minimum absolute atomic E-state index is 0.0888. The molecule has 5 nitrogen and oxygen atoms in total. The summed E-state index contributed by atoms with van der Waals surface area (Å²) in [6, 6.07) is 0. The Labute approximate surface area is 86.6 Å². The monoisotopic (exact) mass is 218 g/mol. The third-order valence-electron chi connectivity index (χ3n) is 2.29. The summed E-state index contributed by atoms with van der Waals surface area (Å²) in [6.45, 7) is 3.79. The normalized spacial score (nSPS) is 29.9. The number of carboxylic acid groups (broad SMARTS) is 1. The topological polar surface area (TPSA) is 78.4 Å². The summed E-state index contributed by atoms with van der Waals surface area (Å²) in [6.07, 6.45) is -1.09. The van der Waals surface area contributed by atoms with Crippen molar-refractivity contribution in [3.8, 4) is 0 Å². The Kier molecular flexibility index (Phi) is 2.94. The van der Waals surface area contributed by atoms with Crippen molar-refractivity contribution in [1.82, 2.24) is 10.6 Å². The third kappa shape index (κ3) is 1.79. The summed E-state index contributed by atoms with van der Waals surface area (Å²) in [7, 11) is 1.55. The van der Waals surface area contributed by atoms with E-state index in [-0.39, 0.29) is 17.1 Å². The predicted octanol–water partition coefficient (Wildman–Crippen LogP) is 0.468. The van der Waals surface area contributed by atoms with Crippen molar-refractivity contribution >= 4 is 23.8 Å². The largest absolute Gasteiger partial charge is 0.465 e. The minimum atomic E-state index is -1.09. The van der Waals surface area contributed by atoms with Crippen LogP contribution in [-0.4, -0.2) is 34.3 Å². The second-order valence-corrected chi connectivity index (χ2v) is 4.87. The van der Waals surface area contributed by atoms with Gasteiger partial charge in [-0.3, -0.25) is 4.79 Å². The molecular weight excluding hydrogens is 204 g/mol. The van der Waals surface area contributed by atoms with E-state index in [1.165, 1.54) is 11.8 Å². The van der Waals surface area contributed by atoms with Crippen LogP contribution in [0.3, 0.4) is 0 Å². The molecule has 0 radical (unpaired) electrons. The summed E-state index contributed by atoms with van der Waals surface area (Å²) in [5, 5.41) is 13.3. The highest BCUT2D eigenvalue weighted by atomic mass is 32.2. The number of amides is 2. The highest BCUT2D eigenvalue weighted by molar-refractivity contribution is 8.09.